The van der Waals surface area contributed by atoms with Crippen LogP contribution in [-0.4, -0.2) is 24.3 Å². The Morgan fingerprint density at radius 1 is 1.44 bits per heavy atom. The standard InChI is InChI=1S/C10H9Cl2F2NO/c1-15(10(16)9(13)14)5-6-3-2-4-7(11)8(6)12/h2-4,9H,5H2,1H3. The van der Waals surface area contributed by atoms with E-state index in [1.165, 1.54) is 7.05 Å². The quantitative estimate of drug-likeness (QED) is 0.824. The SMILES string of the molecule is CN(Cc1cccc(Cl)c1Cl)C(=O)C(F)F. The minimum Gasteiger partial charge on any atom is -0.336 e. The molecule has 0 aliphatic heterocycles. The maximum atomic E-state index is 12.1. The topological polar surface area (TPSA) is 20.3 Å². The fraction of sp³-hybridized carbons (Fsp3) is 0.300. The van der Waals surface area contributed by atoms with E-state index in [1.807, 2.05) is 0 Å². The van der Waals surface area contributed by atoms with Crippen LogP contribution in [0.4, 0.5) is 8.78 Å². The van der Waals surface area contributed by atoms with Crippen molar-refractivity contribution in [3.8, 4) is 0 Å². The van der Waals surface area contributed by atoms with Crippen molar-refractivity contribution in [3.05, 3.63) is 33.8 Å². The lowest BCUT2D eigenvalue weighted by molar-refractivity contribution is -0.141. The predicted octanol–water partition coefficient (Wildman–Crippen LogP) is 3.22. The minimum absolute atomic E-state index is 0.00255. The molecule has 0 fully saturated rings. The molecule has 0 heterocycles. The average Bonchev–Trinajstić information content (AvgIpc) is 2.23. The van der Waals surface area contributed by atoms with Crippen LogP contribution in [0.25, 0.3) is 0 Å². The number of benzene rings is 1. The summed E-state index contributed by atoms with van der Waals surface area (Å²) in [6.45, 7) is 0.00255. The first-order valence-corrected chi connectivity index (χ1v) is 5.15. The van der Waals surface area contributed by atoms with Crippen molar-refractivity contribution < 1.29 is 13.6 Å². The zero-order valence-corrected chi connectivity index (χ0v) is 9.90. The molecule has 0 aliphatic carbocycles. The third kappa shape index (κ3) is 3.06. The molecule has 0 saturated heterocycles. The second-order valence-electron chi connectivity index (χ2n) is 3.21. The lowest BCUT2D eigenvalue weighted by Gasteiger charge is -2.17. The molecular weight excluding hydrogens is 259 g/mol. The predicted molar refractivity (Wildman–Crippen MR) is 58.9 cm³/mol. The summed E-state index contributed by atoms with van der Waals surface area (Å²) in [7, 11) is 1.28. The summed E-state index contributed by atoms with van der Waals surface area (Å²) in [5, 5.41) is 0.607. The summed E-state index contributed by atoms with van der Waals surface area (Å²) in [4.78, 5) is 11.8. The maximum Gasteiger partial charge on any atom is 0.315 e. The number of alkyl halides is 2. The molecule has 0 atom stereocenters. The van der Waals surface area contributed by atoms with Gasteiger partial charge in [0.1, 0.15) is 0 Å². The van der Waals surface area contributed by atoms with Gasteiger partial charge in [0, 0.05) is 13.6 Å². The number of halogens is 4. The summed E-state index contributed by atoms with van der Waals surface area (Å²) in [6, 6.07) is 4.86. The van der Waals surface area contributed by atoms with Gasteiger partial charge in [0.15, 0.2) is 0 Å². The van der Waals surface area contributed by atoms with E-state index in [2.05, 4.69) is 0 Å². The normalized spacial score (nSPS) is 10.6. The van der Waals surface area contributed by atoms with Crippen LogP contribution in [0, 0.1) is 0 Å². The van der Waals surface area contributed by atoms with Gasteiger partial charge in [0.25, 0.3) is 5.91 Å². The number of amides is 1. The van der Waals surface area contributed by atoms with Crippen LogP contribution >= 0.6 is 23.2 Å². The van der Waals surface area contributed by atoms with Gasteiger partial charge in [-0.1, -0.05) is 35.3 Å². The first kappa shape index (κ1) is 13.2. The van der Waals surface area contributed by atoms with Crippen molar-refractivity contribution in [2.45, 2.75) is 13.0 Å². The Kier molecular flexibility index (Phi) is 4.50. The van der Waals surface area contributed by atoms with E-state index >= 15 is 0 Å². The van der Waals surface area contributed by atoms with Crippen molar-refractivity contribution in [1.29, 1.82) is 0 Å². The highest BCUT2D eigenvalue weighted by Gasteiger charge is 2.20. The Morgan fingerprint density at radius 3 is 2.62 bits per heavy atom. The summed E-state index contributed by atoms with van der Waals surface area (Å²) in [6.07, 6.45) is -3.01. The zero-order chi connectivity index (χ0) is 12.3. The number of hydrogen-bond donors (Lipinski definition) is 0. The largest absolute Gasteiger partial charge is 0.336 e. The second kappa shape index (κ2) is 5.46. The summed E-state index contributed by atoms with van der Waals surface area (Å²) >= 11 is 11.6. The smallest absolute Gasteiger partial charge is 0.315 e. The van der Waals surface area contributed by atoms with E-state index in [0.717, 1.165) is 4.90 Å². The molecular formula is C10H9Cl2F2NO. The molecule has 16 heavy (non-hydrogen) atoms. The molecule has 6 heteroatoms. The van der Waals surface area contributed by atoms with E-state index in [-0.39, 0.29) is 11.6 Å². The molecule has 1 aromatic carbocycles. The van der Waals surface area contributed by atoms with Gasteiger partial charge < -0.3 is 4.90 Å². The first-order chi connectivity index (χ1) is 7.43. The fourth-order valence-corrected chi connectivity index (χ4v) is 1.55. The second-order valence-corrected chi connectivity index (χ2v) is 3.99. The molecule has 0 spiro atoms. The third-order valence-corrected chi connectivity index (χ3v) is 2.86. The van der Waals surface area contributed by atoms with Crippen LogP contribution in [-0.2, 0) is 11.3 Å². The van der Waals surface area contributed by atoms with Crippen LogP contribution < -0.4 is 0 Å². The van der Waals surface area contributed by atoms with Crippen molar-refractivity contribution in [2.24, 2.45) is 0 Å². The first-order valence-electron chi connectivity index (χ1n) is 4.39. The zero-order valence-electron chi connectivity index (χ0n) is 8.38. The van der Waals surface area contributed by atoms with E-state index in [9.17, 15) is 13.6 Å². The van der Waals surface area contributed by atoms with Crippen LogP contribution in [0.1, 0.15) is 5.56 Å². The number of carbonyl (C=O) groups excluding carboxylic acids is 1. The van der Waals surface area contributed by atoms with Crippen LogP contribution in [0.15, 0.2) is 18.2 Å². The summed E-state index contributed by atoms with van der Waals surface area (Å²) < 4.78 is 24.2. The lowest BCUT2D eigenvalue weighted by Crippen LogP contribution is -2.31. The van der Waals surface area contributed by atoms with E-state index < -0.39 is 12.3 Å². The molecule has 0 radical (unpaired) electrons. The Balaban J connectivity index is 2.81. The van der Waals surface area contributed by atoms with E-state index in [0.29, 0.717) is 10.6 Å². The summed E-state index contributed by atoms with van der Waals surface area (Å²) in [5.74, 6) is -1.24. The van der Waals surface area contributed by atoms with Gasteiger partial charge in [-0.2, -0.15) is 8.78 Å². The third-order valence-electron chi connectivity index (χ3n) is 2.00. The lowest BCUT2D eigenvalue weighted by atomic mass is 10.2. The van der Waals surface area contributed by atoms with E-state index in [1.54, 1.807) is 18.2 Å². The van der Waals surface area contributed by atoms with Gasteiger partial charge >= 0.3 is 6.43 Å². The van der Waals surface area contributed by atoms with E-state index in [4.69, 9.17) is 23.2 Å². The Bertz CT molecular complexity index is 398. The highest BCUT2D eigenvalue weighted by atomic mass is 35.5. The molecule has 0 bridgehead atoms. The molecule has 1 amide bonds. The van der Waals surface area contributed by atoms with Crippen molar-refractivity contribution in [2.75, 3.05) is 7.05 Å². The maximum absolute atomic E-state index is 12.1. The minimum atomic E-state index is -3.01. The number of nitrogens with zero attached hydrogens (tertiary/aromatic N) is 1. The van der Waals surface area contributed by atoms with Gasteiger partial charge in [-0.05, 0) is 11.6 Å². The van der Waals surface area contributed by atoms with Crippen LogP contribution in [0.2, 0.25) is 10.0 Å². The van der Waals surface area contributed by atoms with Gasteiger partial charge in [-0.25, -0.2) is 0 Å². The van der Waals surface area contributed by atoms with Gasteiger partial charge in [-0.15, -0.1) is 0 Å². The van der Waals surface area contributed by atoms with Crippen molar-refractivity contribution in [3.63, 3.8) is 0 Å². The van der Waals surface area contributed by atoms with Crippen LogP contribution in [0.3, 0.4) is 0 Å². The van der Waals surface area contributed by atoms with Crippen LogP contribution in [0.5, 0.6) is 0 Å². The molecule has 1 rings (SSSR count). The molecule has 0 N–H and O–H groups in total. The number of carbonyl (C=O) groups is 1. The number of rotatable bonds is 3. The molecule has 1 aromatic rings. The Morgan fingerprint density at radius 2 is 2.06 bits per heavy atom. The molecule has 0 unspecified atom stereocenters. The molecule has 88 valence electrons. The molecule has 2 nitrogen and oxygen atoms in total. The number of hydrogen-bond acceptors (Lipinski definition) is 1. The van der Waals surface area contributed by atoms with Gasteiger partial charge in [0.05, 0.1) is 10.0 Å². The molecule has 0 saturated carbocycles. The van der Waals surface area contributed by atoms with Gasteiger partial charge in [-0.3, -0.25) is 4.79 Å². The highest BCUT2D eigenvalue weighted by molar-refractivity contribution is 6.42. The molecule has 0 aromatic heterocycles. The monoisotopic (exact) mass is 267 g/mol. The average molecular weight is 268 g/mol. The Hall–Kier alpha value is -0.870. The summed E-state index contributed by atoms with van der Waals surface area (Å²) in [5.41, 5.74) is 0.533. The van der Waals surface area contributed by atoms with Crippen molar-refractivity contribution >= 4 is 29.1 Å². The van der Waals surface area contributed by atoms with Gasteiger partial charge in [0.2, 0.25) is 0 Å². The fourth-order valence-electron chi connectivity index (χ4n) is 1.17. The molecule has 0 aliphatic rings. The Labute approximate surface area is 102 Å². The highest BCUT2D eigenvalue weighted by Crippen LogP contribution is 2.26. The van der Waals surface area contributed by atoms with Crippen molar-refractivity contribution in [1.82, 2.24) is 4.90 Å².